The Morgan fingerprint density at radius 3 is 2.52 bits per heavy atom. The first-order chi connectivity index (χ1) is 14.1. The number of nitrogens with zero attached hydrogens (tertiary/aromatic N) is 5. The monoisotopic (exact) mass is 413 g/mol. The predicted octanol–water partition coefficient (Wildman–Crippen LogP) is 2.27. The molecule has 0 saturated carbocycles. The third kappa shape index (κ3) is 5.13. The van der Waals surface area contributed by atoms with Gasteiger partial charge in [0, 0.05) is 69.1 Å². The standard InChI is InChI=1S/C22H28ClN5O/c1-17(23)13-26-6-8-28(9-7-26)22(29)15-27-5-4-19-10-18(2-3-20(19)14-27)21-11-24-16-25-12-21/h2-3,10-12,16-17H,4-9,13-15H2,1H3. The Bertz CT molecular complexity index is 836. The highest BCUT2D eigenvalue weighted by Gasteiger charge is 2.25. The van der Waals surface area contributed by atoms with Gasteiger partial charge in [-0.2, -0.15) is 0 Å². The predicted molar refractivity (Wildman–Crippen MR) is 115 cm³/mol. The van der Waals surface area contributed by atoms with Crippen molar-refractivity contribution in [3.63, 3.8) is 0 Å². The van der Waals surface area contributed by atoms with Crippen molar-refractivity contribution in [1.29, 1.82) is 0 Å². The van der Waals surface area contributed by atoms with Gasteiger partial charge in [-0.3, -0.25) is 14.6 Å². The van der Waals surface area contributed by atoms with Crippen LogP contribution in [0.25, 0.3) is 11.1 Å². The number of carbonyl (C=O) groups is 1. The van der Waals surface area contributed by atoms with Crippen molar-refractivity contribution >= 4 is 17.5 Å². The molecule has 3 heterocycles. The number of carbonyl (C=O) groups excluding carboxylic acids is 1. The number of halogens is 1. The van der Waals surface area contributed by atoms with Gasteiger partial charge in [-0.05, 0) is 30.0 Å². The average molecular weight is 414 g/mol. The van der Waals surface area contributed by atoms with E-state index in [0.29, 0.717) is 6.54 Å². The number of rotatable bonds is 5. The Labute approximate surface area is 177 Å². The van der Waals surface area contributed by atoms with Gasteiger partial charge in [0.15, 0.2) is 0 Å². The van der Waals surface area contributed by atoms with Crippen LogP contribution >= 0.6 is 11.6 Å². The molecule has 2 aliphatic heterocycles. The SMILES string of the molecule is CC(Cl)CN1CCN(C(=O)CN2CCc3cc(-c4cncnc4)ccc3C2)CC1. The summed E-state index contributed by atoms with van der Waals surface area (Å²) in [6.45, 7) is 8.58. The second-order valence-electron chi connectivity index (χ2n) is 8.03. The van der Waals surface area contributed by atoms with E-state index in [-0.39, 0.29) is 11.3 Å². The Hall–Kier alpha value is -2.02. The molecule has 0 spiro atoms. The zero-order valence-corrected chi connectivity index (χ0v) is 17.7. The van der Waals surface area contributed by atoms with E-state index in [1.165, 1.54) is 11.1 Å². The largest absolute Gasteiger partial charge is 0.339 e. The third-order valence-corrected chi connectivity index (χ3v) is 5.92. The minimum atomic E-state index is 0.153. The van der Waals surface area contributed by atoms with Gasteiger partial charge in [-0.15, -0.1) is 11.6 Å². The van der Waals surface area contributed by atoms with Crippen LogP contribution in [0.2, 0.25) is 0 Å². The zero-order chi connectivity index (χ0) is 20.2. The number of hydrogen-bond donors (Lipinski definition) is 0. The van der Waals surface area contributed by atoms with Gasteiger partial charge in [0.05, 0.1) is 6.54 Å². The van der Waals surface area contributed by atoms with E-state index in [2.05, 4.69) is 38.0 Å². The van der Waals surface area contributed by atoms with E-state index in [4.69, 9.17) is 11.6 Å². The fourth-order valence-electron chi connectivity index (χ4n) is 4.20. The van der Waals surface area contributed by atoms with E-state index in [9.17, 15) is 4.79 Å². The lowest BCUT2D eigenvalue weighted by Crippen LogP contribution is -2.52. The summed E-state index contributed by atoms with van der Waals surface area (Å²) in [5.74, 6) is 0.241. The smallest absolute Gasteiger partial charge is 0.236 e. The molecule has 6 nitrogen and oxygen atoms in total. The number of fused-ring (bicyclic) bond motifs is 1. The maximum absolute atomic E-state index is 12.8. The maximum atomic E-state index is 12.8. The van der Waals surface area contributed by atoms with E-state index in [1.807, 2.05) is 24.2 Å². The molecule has 1 unspecified atom stereocenters. The maximum Gasteiger partial charge on any atom is 0.236 e. The lowest BCUT2D eigenvalue weighted by Gasteiger charge is -2.37. The number of amides is 1. The summed E-state index contributed by atoms with van der Waals surface area (Å²) in [7, 11) is 0. The molecule has 7 heteroatoms. The van der Waals surface area contributed by atoms with Gasteiger partial charge < -0.3 is 4.90 Å². The summed E-state index contributed by atoms with van der Waals surface area (Å²) in [6, 6.07) is 6.55. The zero-order valence-electron chi connectivity index (χ0n) is 16.9. The number of benzene rings is 1. The normalized spacial score (nSPS) is 19.0. The summed E-state index contributed by atoms with van der Waals surface area (Å²) < 4.78 is 0. The van der Waals surface area contributed by atoms with Crippen molar-refractivity contribution in [3.05, 3.63) is 48.0 Å². The highest BCUT2D eigenvalue weighted by Crippen LogP contribution is 2.25. The van der Waals surface area contributed by atoms with Crippen molar-refractivity contribution in [1.82, 2.24) is 24.7 Å². The quantitative estimate of drug-likeness (QED) is 0.704. The van der Waals surface area contributed by atoms with E-state index < -0.39 is 0 Å². The van der Waals surface area contributed by atoms with Gasteiger partial charge in [-0.25, -0.2) is 9.97 Å². The molecule has 0 N–H and O–H groups in total. The van der Waals surface area contributed by atoms with E-state index in [0.717, 1.165) is 63.4 Å². The van der Waals surface area contributed by atoms with Gasteiger partial charge >= 0.3 is 0 Å². The Balaban J connectivity index is 1.32. The molecular formula is C22H28ClN5O. The fraction of sp³-hybridized carbons (Fsp3) is 0.500. The molecule has 1 fully saturated rings. The first-order valence-electron chi connectivity index (χ1n) is 10.3. The minimum absolute atomic E-state index is 0.153. The average Bonchev–Trinajstić information content (AvgIpc) is 2.74. The number of aromatic nitrogens is 2. The van der Waals surface area contributed by atoms with E-state index in [1.54, 1.807) is 6.33 Å². The number of piperazine rings is 1. The van der Waals surface area contributed by atoms with Gasteiger partial charge in [-0.1, -0.05) is 18.2 Å². The molecule has 0 bridgehead atoms. The van der Waals surface area contributed by atoms with E-state index >= 15 is 0 Å². The second kappa shape index (κ2) is 9.20. The molecule has 2 aliphatic rings. The summed E-state index contributed by atoms with van der Waals surface area (Å²) in [4.78, 5) is 27.6. The molecule has 4 rings (SSSR count). The highest BCUT2D eigenvalue weighted by atomic mass is 35.5. The molecule has 2 aromatic rings. The van der Waals surface area contributed by atoms with Crippen LogP contribution in [0, 0.1) is 0 Å². The Morgan fingerprint density at radius 2 is 1.79 bits per heavy atom. The van der Waals surface area contributed by atoms with Crippen molar-refractivity contribution in [3.8, 4) is 11.1 Å². The molecule has 29 heavy (non-hydrogen) atoms. The van der Waals surface area contributed by atoms with Crippen LogP contribution in [0.15, 0.2) is 36.9 Å². The number of hydrogen-bond acceptors (Lipinski definition) is 5. The number of alkyl halides is 1. The molecule has 1 saturated heterocycles. The molecule has 1 aromatic carbocycles. The lowest BCUT2D eigenvalue weighted by atomic mass is 9.95. The van der Waals surface area contributed by atoms with Crippen LogP contribution in [0.1, 0.15) is 18.1 Å². The van der Waals surface area contributed by atoms with Gasteiger partial charge in [0.25, 0.3) is 0 Å². The topological polar surface area (TPSA) is 52.6 Å². The Morgan fingerprint density at radius 1 is 1.03 bits per heavy atom. The molecule has 1 atom stereocenters. The minimum Gasteiger partial charge on any atom is -0.339 e. The molecule has 1 aromatic heterocycles. The molecule has 0 aliphatic carbocycles. The Kier molecular flexibility index (Phi) is 6.43. The first-order valence-corrected chi connectivity index (χ1v) is 10.8. The van der Waals surface area contributed by atoms with Gasteiger partial charge in [0.2, 0.25) is 5.91 Å². The lowest BCUT2D eigenvalue weighted by molar-refractivity contribution is -0.134. The fourth-order valence-corrected chi connectivity index (χ4v) is 4.40. The van der Waals surface area contributed by atoms with Gasteiger partial charge in [0.1, 0.15) is 6.33 Å². The van der Waals surface area contributed by atoms with Crippen molar-refractivity contribution < 1.29 is 4.79 Å². The van der Waals surface area contributed by atoms with Crippen molar-refractivity contribution in [2.24, 2.45) is 0 Å². The molecule has 1 amide bonds. The highest BCUT2D eigenvalue weighted by molar-refractivity contribution is 6.20. The third-order valence-electron chi connectivity index (χ3n) is 5.79. The molecular weight excluding hydrogens is 386 g/mol. The summed E-state index contributed by atoms with van der Waals surface area (Å²) >= 11 is 6.09. The molecule has 154 valence electrons. The van der Waals surface area contributed by atoms with Crippen LogP contribution < -0.4 is 0 Å². The van der Waals surface area contributed by atoms with Crippen LogP contribution in [0.3, 0.4) is 0 Å². The summed E-state index contributed by atoms with van der Waals surface area (Å²) in [5.41, 5.74) is 4.86. The van der Waals surface area contributed by atoms with Crippen molar-refractivity contribution in [2.75, 3.05) is 45.8 Å². The second-order valence-corrected chi connectivity index (χ2v) is 8.78. The van der Waals surface area contributed by atoms with Crippen LogP contribution in [-0.2, 0) is 17.8 Å². The van der Waals surface area contributed by atoms with Crippen LogP contribution in [0.4, 0.5) is 0 Å². The molecule has 0 radical (unpaired) electrons. The summed E-state index contributed by atoms with van der Waals surface area (Å²) in [6.07, 6.45) is 6.20. The summed E-state index contributed by atoms with van der Waals surface area (Å²) in [5, 5.41) is 0.153. The van der Waals surface area contributed by atoms with Crippen LogP contribution in [-0.4, -0.2) is 81.8 Å². The first kappa shape index (κ1) is 20.3. The van der Waals surface area contributed by atoms with Crippen LogP contribution in [0.5, 0.6) is 0 Å². The van der Waals surface area contributed by atoms with Crippen molar-refractivity contribution in [2.45, 2.75) is 25.3 Å².